The summed E-state index contributed by atoms with van der Waals surface area (Å²) >= 11 is 1.50. The van der Waals surface area contributed by atoms with E-state index in [0.29, 0.717) is 5.75 Å². The number of nitrogens with two attached hydrogens (primary N) is 1. The van der Waals surface area contributed by atoms with Crippen molar-refractivity contribution in [2.45, 2.75) is 17.9 Å². The van der Waals surface area contributed by atoms with Crippen LogP contribution < -0.4 is 11.3 Å². The molecule has 1 atom stereocenters. The third kappa shape index (κ3) is 3.79. The largest absolute Gasteiger partial charge is 0.271 e. The molecule has 2 aromatic carbocycles. The first-order valence-electron chi connectivity index (χ1n) is 6.20. The van der Waals surface area contributed by atoms with E-state index in [1.807, 2.05) is 13.0 Å². The van der Waals surface area contributed by atoms with E-state index in [4.69, 9.17) is 5.84 Å². The number of nitrogens with one attached hydrogen (secondary N) is 1. The fourth-order valence-electron chi connectivity index (χ4n) is 1.99. The first kappa shape index (κ1) is 15.0. The highest BCUT2D eigenvalue weighted by atomic mass is 32.2. The highest BCUT2D eigenvalue weighted by Crippen LogP contribution is 2.26. The third-order valence-electron chi connectivity index (χ3n) is 3.02. The summed E-state index contributed by atoms with van der Waals surface area (Å²) in [5.41, 5.74) is 4.51. The van der Waals surface area contributed by atoms with Gasteiger partial charge in [-0.05, 0) is 48.4 Å². The van der Waals surface area contributed by atoms with Crippen LogP contribution in [0.25, 0.3) is 0 Å². The lowest BCUT2D eigenvalue weighted by atomic mass is 10.0. The van der Waals surface area contributed by atoms with Gasteiger partial charge < -0.3 is 0 Å². The summed E-state index contributed by atoms with van der Waals surface area (Å²) in [5.74, 6) is 5.68. The molecular formula is C15H16F2N2S. The van der Waals surface area contributed by atoms with E-state index in [1.165, 1.54) is 36.0 Å². The maximum atomic E-state index is 13.1. The van der Waals surface area contributed by atoms with Crippen molar-refractivity contribution in [2.24, 2.45) is 5.84 Å². The van der Waals surface area contributed by atoms with Crippen LogP contribution in [0.5, 0.6) is 0 Å². The van der Waals surface area contributed by atoms with Crippen LogP contribution in [-0.2, 0) is 0 Å². The molecule has 1 unspecified atom stereocenters. The van der Waals surface area contributed by atoms with Gasteiger partial charge in [0, 0.05) is 10.6 Å². The van der Waals surface area contributed by atoms with Crippen LogP contribution in [0.15, 0.2) is 47.4 Å². The van der Waals surface area contributed by atoms with Gasteiger partial charge in [0.15, 0.2) is 0 Å². The topological polar surface area (TPSA) is 38.0 Å². The zero-order chi connectivity index (χ0) is 14.5. The molecule has 2 rings (SSSR count). The monoisotopic (exact) mass is 294 g/mol. The molecule has 0 saturated heterocycles. The van der Waals surface area contributed by atoms with Crippen molar-refractivity contribution in [3.63, 3.8) is 0 Å². The Morgan fingerprint density at radius 1 is 1.15 bits per heavy atom. The summed E-state index contributed by atoms with van der Waals surface area (Å²) in [7, 11) is 0. The van der Waals surface area contributed by atoms with Crippen molar-refractivity contribution in [2.75, 3.05) is 5.75 Å². The minimum atomic E-state index is -0.264. The molecule has 106 valence electrons. The van der Waals surface area contributed by atoms with Crippen LogP contribution in [-0.4, -0.2) is 5.75 Å². The number of hydrogen-bond donors (Lipinski definition) is 2. The molecule has 2 nitrogen and oxygen atoms in total. The van der Waals surface area contributed by atoms with E-state index in [1.54, 1.807) is 12.1 Å². The van der Waals surface area contributed by atoms with Gasteiger partial charge in [-0.15, -0.1) is 11.8 Å². The molecule has 0 spiro atoms. The van der Waals surface area contributed by atoms with Crippen molar-refractivity contribution in [1.29, 1.82) is 0 Å². The highest BCUT2D eigenvalue weighted by Gasteiger charge is 2.13. The summed E-state index contributed by atoms with van der Waals surface area (Å²) in [6.07, 6.45) is 0. The first-order valence-corrected chi connectivity index (χ1v) is 7.19. The standard InChI is InChI=1S/C15H16F2N2S/c1-10-7-12(17)5-6-14(10)15(19-18)9-20-13-4-2-3-11(16)8-13/h2-8,15,19H,9,18H2,1H3. The summed E-state index contributed by atoms with van der Waals surface area (Å²) in [5, 5.41) is 0. The number of aryl methyl sites for hydroxylation is 1. The van der Waals surface area contributed by atoms with Gasteiger partial charge in [-0.3, -0.25) is 11.3 Å². The summed E-state index contributed by atoms with van der Waals surface area (Å²) < 4.78 is 26.2. The van der Waals surface area contributed by atoms with Gasteiger partial charge in [-0.2, -0.15) is 0 Å². The Kier molecular flexibility index (Phi) is 5.11. The average molecular weight is 294 g/mol. The number of thioether (sulfide) groups is 1. The lowest BCUT2D eigenvalue weighted by molar-refractivity contribution is 0.597. The fraction of sp³-hybridized carbons (Fsp3) is 0.200. The van der Waals surface area contributed by atoms with Gasteiger partial charge in [0.2, 0.25) is 0 Å². The molecule has 0 saturated carbocycles. The van der Waals surface area contributed by atoms with E-state index in [2.05, 4.69) is 5.43 Å². The second-order valence-electron chi connectivity index (χ2n) is 4.49. The molecule has 0 fully saturated rings. The van der Waals surface area contributed by atoms with Crippen molar-refractivity contribution < 1.29 is 8.78 Å². The Hall–Kier alpha value is -1.43. The van der Waals surface area contributed by atoms with Crippen molar-refractivity contribution in [1.82, 2.24) is 5.43 Å². The van der Waals surface area contributed by atoms with Crippen LogP contribution >= 0.6 is 11.8 Å². The number of rotatable bonds is 5. The molecule has 5 heteroatoms. The predicted octanol–water partition coefficient (Wildman–Crippen LogP) is 3.57. The summed E-state index contributed by atoms with van der Waals surface area (Å²) in [6, 6.07) is 10.9. The number of benzene rings is 2. The molecule has 2 aromatic rings. The van der Waals surface area contributed by atoms with Crippen molar-refractivity contribution >= 4 is 11.8 Å². The third-order valence-corrected chi connectivity index (χ3v) is 4.11. The zero-order valence-corrected chi connectivity index (χ0v) is 11.9. The van der Waals surface area contributed by atoms with E-state index in [9.17, 15) is 8.78 Å². The maximum Gasteiger partial charge on any atom is 0.124 e. The van der Waals surface area contributed by atoms with Gasteiger partial charge in [0.25, 0.3) is 0 Å². The number of halogens is 2. The normalized spacial score (nSPS) is 12.4. The molecular weight excluding hydrogens is 278 g/mol. The second-order valence-corrected chi connectivity index (χ2v) is 5.58. The van der Waals surface area contributed by atoms with E-state index < -0.39 is 0 Å². The smallest absolute Gasteiger partial charge is 0.124 e. The lowest BCUT2D eigenvalue weighted by Crippen LogP contribution is -2.30. The van der Waals surface area contributed by atoms with Crippen LogP contribution in [0.1, 0.15) is 17.2 Å². The van der Waals surface area contributed by atoms with Crippen molar-refractivity contribution in [3.05, 3.63) is 65.2 Å². The minimum Gasteiger partial charge on any atom is -0.271 e. The molecule has 0 amide bonds. The molecule has 0 heterocycles. The molecule has 0 aliphatic carbocycles. The molecule has 0 aliphatic heterocycles. The molecule has 0 radical (unpaired) electrons. The SMILES string of the molecule is Cc1cc(F)ccc1C(CSc1cccc(F)c1)NN. The number of hydrogen-bond acceptors (Lipinski definition) is 3. The second kappa shape index (κ2) is 6.83. The quantitative estimate of drug-likeness (QED) is 0.503. The Morgan fingerprint density at radius 3 is 2.55 bits per heavy atom. The minimum absolute atomic E-state index is 0.121. The highest BCUT2D eigenvalue weighted by molar-refractivity contribution is 7.99. The van der Waals surface area contributed by atoms with Gasteiger partial charge >= 0.3 is 0 Å². The van der Waals surface area contributed by atoms with Crippen LogP contribution in [0.4, 0.5) is 8.78 Å². The van der Waals surface area contributed by atoms with E-state index in [0.717, 1.165) is 16.0 Å². The molecule has 3 N–H and O–H groups in total. The Morgan fingerprint density at radius 2 is 1.90 bits per heavy atom. The van der Waals surface area contributed by atoms with Gasteiger partial charge in [-0.25, -0.2) is 8.78 Å². The Bertz CT molecular complexity index is 590. The Balaban J connectivity index is 2.09. The molecule has 0 aromatic heterocycles. The van der Waals surface area contributed by atoms with Crippen LogP contribution in [0.2, 0.25) is 0 Å². The van der Waals surface area contributed by atoms with Crippen LogP contribution in [0, 0.1) is 18.6 Å². The summed E-state index contributed by atoms with van der Waals surface area (Å²) in [6.45, 7) is 1.84. The van der Waals surface area contributed by atoms with E-state index >= 15 is 0 Å². The zero-order valence-electron chi connectivity index (χ0n) is 11.1. The molecule has 20 heavy (non-hydrogen) atoms. The van der Waals surface area contributed by atoms with Gasteiger partial charge in [0.1, 0.15) is 11.6 Å². The summed E-state index contributed by atoms with van der Waals surface area (Å²) in [4.78, 5) is 0.838. The van der Waals surface area contributed by atoms with Crippen molar-refractivity contribution in [3.8, 4) is 0 Å². The Labute approximate surface area is 121 Å². The van der Waals surface area contributed by atoms with Gasteiger partial charge in [-0.1, -0.05) is 12.1 Å². The molecule has 0 bridgehead atoms. The number of hydrazine groups is 1. The van der Waals surface area contributed by atoms with Gasteiger partial charge in [0.05, 0.1) is 6.04 Å². The predicted molar refractivity (Wildman–Crippen MR) is 78.3 cm³/mol. The molecule has 0 aliphatic rings. The van der Waals surface area contributed by atoms with E-state index in [-0.39, 0.29) is 17.7 Å². The fourth-order valence-corrected chi connectivity index (χ4v) is 3.00. The maximum absolute atomic E-state index is 13.1. The first-order chi connectivity index (χ1) is 9.60. The average Bonchev–Trinajstić information content (AvgIpc) is 2.41. The van der Waals surface area contributed by atoms with Crippen LogP contribution in [0.3, 0.4) is 0 Å². The lowest BCUT2D eigenvalue weighted by Gasteiger charge is -2.18.